The molecule has 0 aliphatic heterocycles. The monoisotopic (exact) mass is 221 g/mol. The van der Waals surface area contributed by atoms with Crippen LogP contribution < -0.4 is 5.32 Å². The van der Waals surface area contributed by atoms with Crippen LogP contribution in [-0.2, 0) is 0 Å². The van der Waals surface area contributed by atoms with Crippen molar-refractivity contribution in [3.63, 3.8) is 0 Å². The summed E-state index contributed by atoms with van der Waals surface area (Å²) in [7, 11) is 0. The molecule has 15 heavy (non-hydrogen) atoms. The molecule has 0 fully saturated rings. The molecule has 0 amide bonds. The molecule has 0 saturated carbocycles. The normalized spacial score (nSPS) is 10.8. The van der Waals surface area contributed by atoms with Crippen LogP contribution in [0.25, 0.3) is 0 Å². The topological polar surface area (TPSA) is 12.0 Å². The van der Waals surface area contributed by atoms with Gasteiger partial charge in [-0.15, -0.1) is 0 Å². The average molecular weight is 221 g/mol. The Morgan fingerprint density at radius 1 is 1.20 bits per heavy atom. The first-order valence-corrected chi connectivity index (χ1v) is 5.82. The van der Waals surface area contributed by atoms with E-state index in [9.17, 15) is 0 Å². The Morgan fingerprint density at radius 3 is 2.40 bits per heavy atom. The van der Waals surface area contributed by atoms with Crippen LogP contribution in [0.2, 0.25) is 0 Å². The number of thiocarbonyl (C=S) groups is 1. The van der Waals surface area contributed by atoms with Crippen LogP contribution in [0.5, 0.6) is 0 Å². The molecule has 0 unspecified atom stereocenters. The average Bonchev–Trinajstić information content (AvgIpc) is 2.17. The van der Waals surface area contributed by atoms with Gasteiger partial charge in [0.25, 0.3) is 0 Å². The third kappa shape index (κ3) is 3.63. The zero-order valence-electron chi connectivity index (χ0n) is 9.87. The van der Waals surface area contributed by atoms with Crippen molar-refractivity contribution in [1.29, 1.82) is 0 Å². The first kappa shape index (κ1) is 12.2. The zero-order chi connectivity index (χ0) is 11.4. The van der Waals surface area contributed by atoms with Gasteiger partial charge in [0.2, 0.25) is 0 Å². The summed E-state index contributed by atoms with van der Waals surface area (Å²) in [6.45, 7) is 8.58. The second-order valence-corrected chi connectivity index (χ2v) is 4.82. The van der Waals surface area contributed by atoms with E-state index in [2.05, 4.69) is 57.3 Å². The van der Waals surface area contributed by atoms with Gasteiger partial charge >= 0.3 is 0 Å². The highest BCUT2D eigenvalue weighted by molar-refractivity contribution is 7.80. The van der Waals surface area contributed by atoms with E-state index in [1.165, 1.54) is 5.56 Å². The highest BCUT2D eigenvalue weighted by atomic mass is 32.1. The van der Waals surface area contributed by atoms with Crippen LogP contribution in [0.1, 0.15) is 44.7 Å². The molecule has 0 heterocycles. The fourth-order valence-corrected chi connectivity index (χ4v) is 1.75. The third-order valence-electron chi connectivity index (χ3n) is 2.24. The Balaban J connectivity index is 2.85. The molecule has 0 aromatic heterocycles. The molecule has 2 heteroatoms. The molecule has 0 saturated heterocycles. The van der Waals surface area contributed by atoms with Gasteiger partial charge in [0, 0.05) is 11.6 Å². The lowest BCUT2D eigenvalue weighted by Crippen LogP contribution is -2.29. The minimum absolute atomic E-state index is 0.389. The highest BCUT2D eigenvalue weighted by Crippen LogP contribution is 2.15. The lowest BCUT2D eigenvalue weighted by Gasteiger charge is -2.13. The van der Waals surface area contributed by atoms with E-state index in [0.717, 1.165) is 10.6 Å². The van der Waals surface area contributed by atoms with E-state index in [0.29, 0.717) is 12.0 Å². The van der Waals surface area contributed by atoms with Gasteiger partial charge in [0.15, 0.2) is 0 Å². The Bertz CT molecular complexity index is 342. The number of rotatable bonds is 3. The summed E-state index contributed by atoms with van der Waals surface area (Å²) in [4.78, 5) is 0.840. The fourth-order valence-electron chi connectivity index (χ4n) is 1.38. The number of nitrogens with one attached hydrogen (secondary N) is 1. The molecule has 1 nitrogen and oxygen atoms in total. The van der Waals surface area contributed by atoms with Crippen LogP contribution in [0.15, 0.2) is 24.3 Å². The van der Waals surface area contributed by atoms with Crippen LogP contribution in [0, 0.1) is 0 Å². The molecule has 82 valence electrons. The standard InChI is InChI=1S/C13H19NS/c1-9(2)11-6-5-7-12(8-11)13(15)14-10(3)4/h5-10H,1-4H3,(H,14,15). The Labute approximate surface area is 97.9 Å². The lowest BCUT2D eigenvalue weighted by molar-refractivity contribution is 0.740. The van der Waals surface area contributed by atoms with E-state index in [1.54, 1.807) is 0 Å². The van der Waals surface area contributed by atoms with Gasteiger partial charge in [0.1, 0.15) is 4.99 Å². The summed E-state index contributed by atoms with van der Waals surface area (Å²) in [6, 6.07) is 8.83. The molecule has 0 spiro atoms. The molecule has 0 aliphatic carbocycles. The largest absolute Gasteiger partial charge is 0.374 e. The van der Waals surface area contributed by atoms with Crippen LogP contribution in [0.4, 0.5) is 0 Å². The summed E-state index contributed by atoms with van der Waals surface area (Å²) in [5, 5.41) is 3.26. The molecular formula is C13H19NS. The predicted octanol–water partition coefficient (Wildman–Crippen LogP) is 3.48. The lowest BCUT2D eigenvalue weighted by atomic mass is 10.0. The first-order chi connectivity index (χ1) is 7.00. The number of benzene rings is 1. The van der Waals surface area contributed by atoms with Crippen LogP contribution in [0.3, 0.4) is 0 Å². The highest BCUT2D eigenvalue weighted by Gasteiger charge is 2.05. The Kier molecular flexibility index (Phi) is 4.28. The van der Waals surface area contributed by atoms with Crippen LogP contribution in [-0.4, -0.2) is 11.0 Å². The third-order valence-corrected chi connectivity index (χ3v) is 2.59. The predicted molar refractivity (Wildman–Crippen MR) is 70.5 cm³/mol. The summed E-state index contributed by atoms with van der Waals surface area (Å²) in [5.41, 5.74) is 2.45. The maximum atomic E-state index is 5.33. The second-order valence-electron chi connectivity index (χ2n) is 4.41. The first-order valence-electron chi connectivity index (χ1n) is 5.41. The molecular weight excluding hydrogens is 202 g/mol. The number of hydrogen-bond donors (Lipinski definition) is 1. The molecule has 1 aromatic carbocycles. The summed E-state index contributed by atoms with van der Waals surface area (Å²) < 4.78 is 0. The van der Waals surface area contributed by atoms with Gasteiger partial charge in [-0.05, 0) is 31.4 Å². The van der Waals surface area contributed by atoms with Gasteiger partial charge in [-0.3, -0.25) is 0 Å². The van der Waals surface area contributed by atoms with Crippen molar-refractivity contribution in [2.75, 3.05) is 0 Å². The van der Waals surface area contributed by atoms with Crippen molar-refractivity contribution in [2.24, 2.45) is 0 Å². The van der Waals surface area contributed by atoms with E-state index in [1.807, 2.05) is 0 Å². The van der Waals surface area contributed by atoms with Crippen molar-refractivity contribution >= 4 is 17.2 Å². The quantitative estimate of drug-likeness (QED) is 0.784. The Hall–Kier alpha value is -0.890. The smallest absolute Gasteiger partial charge is 0.106 e. The van der Waals surface area contributed by atoms with Gasteiger partial charge in [0.05, 0.1) is 0 Å². The van der Waals surface area contributed by atoms with Crippen molar-refractivity contribution in [3.8, 4) is 0 Å². The summed E-state index contributed by atoms with van der Waals surface area (Å²) >= 11 is 5.33. The zero-order valence-corrected chi connectivity index (χ0v) is 10.7. The summed E-state index contributed by atoms with van der Waals surface area (Å²) in [5.74, 6) is 0.548. The maximum Gasteiger partial charge on any atom is 0.106 e. The number of hydrogen-bond acceptors (Lipinski definition) is 1. The molecule has 1 rings (SSSR count). The van der Waals surface area contributed by atoms with Crippen molar-refractivity contribution in [3.05, 3.63) is 35.4 Å². The molecule has 0 radical (unpaired) electrons. The summed E-state index contributed by atoms with van der Waals surface area (Å²) in [6.07, 6.45) is 0. The van der Waals surface area contributed by atoms with E-state index < -0.39 is 0 Å². The van der Waals surface area contributed by atoms with Gasteiger partial charge < -0.3 is 5.32 Å². The van der Waals surface area contributed by atoms with E-state index in [4.69, 9.17) is 12.2 Å². The molecule has 1 N–H and O–H groups in total. The molecule has 0 atom stereocenters. The van der Waals surface area contributed by atoms with Crippen molar-refractivity contribution in [1.82, 2.24) is 5.32 Å². The van der Waals surface area contributed by atoms with Gasteiger partial charge in [-0.25, -0.2) is 0 Å². The van der Waals surface area contributed by atoms with Gasteiger partial charge in [-0.1, -0.05) is 44.3 Å². The van der Waals surface area contributed by atoms with Crippen molar-refractivity contribution in [2.45, 2.75) is 39.7 Å². The van der Waals surface area contributed by atoms with Crippen molar-refractivity contribution < 1.29 is 0 Å². The molecule has 0 bridgehead atoms. The molecule has 1 aromatic rings. The van der Waals surface area contributed by atoms with E-state index >= 15 is 0 Å². The fraction of sp³-hybridized carbons (Fsp3) is 0.462. The van der Waals surface area contributed by atoms with Crippen LogP contribution >= 0.6 is 12.2 Å². The maximum absolute atomic E-state index is 5.33. The Morgan fingerprint density at radius 2 is 1.87 bits per heavy atom. The SMILES string of the molecule is CC(C)NC(=S)c1cccc(C(C)C)c1. The molecule has 0 aliphatic rings. The minimum atomic E-state index is 0.389. The van der Waals surface area contributed by atoms with Gasteiger partial charge in [-0.2, -0.15) is 0 Å². The van der Waals surface area contributed by atoms with E-state index in [-0.39, 0.29) is 0 Å². The minimum Gasteiger partial charge on any atom is -0.374 e. The second kappa shape index (κ2) is 5.26.